The minimum absolute atomic E-state index is 0.199. The maximum atomic E-state index is 13.5. The Morgan fingerprint density at radius 3 is 2.67 bits per heavy atom. The maximum Gasteiger partial charge on any atom is 0.257 e. The Hall–Kier alpha value is -1.49. The molecule has 0 aromatic heterocycles. The van der Waals surface area contributed by atoms with Crippen molar-refractivity contribution in [3.8, 4) is 0 Å². The third-order valence-corrected chi connectivity index (χ3v) is 2.72. The van der Waals surface area contributed by atoms with E-state index < -0.39 is 17.5 Å². The van der Waals surface area contributed by atoms with Crippen molar-refractivity contribution in [1.82, 2.24) is 4.90 Å². The molecule has 0 fully saturated rings. The third-order valence-electron chi connectivity index (χ3n) is 2.72. The van der Waals surface area contributed by atoms with Crippen LogP contribution in [0.4, 0.5) is 8.78 Å². The number of carbonyl (C=O) groups is 1. The summed E-state index contributed by atoms with van der Waals surface area (Å²) < 4.78 is 31.6. The van der Waals surface area contributed by atoms with Crippen molar-refractivity contribution < 1.29 is 18.3 Å². The van der Waals surface area contributed by atoms with Gasteiger partial charge in [-0.1, -0.05) is 6.07 Å². The molecule has 5 heteroatoms. The first-order chi connectivity index (χ1) is 8.52. The Kier molecular flexibility index (Phi) is 5.22. The highest BCUT2D eigenvalue weighted by Gasteiger charge is 2.23. The SMILES string of the molecule is CCN(C(=O)c1cccc(F)c1F)C(C)COC. The van der Waals surface area contributed by atoms with Crippen molar-refractivity contribution in [2.24, 2.45) is 0 Å². The molecule has 0 spiro atoms. The van der Waals surface area contributed by atoms with E-state index in [1.54, 1.807) is 13.8 Å². The van der Waals surface area contributed by atoms with Crippen molar-refractivity contribution in [3.05, 3.63) is 35.4 Å². The van der Waals surface area contributed by atoms with Gasteiger partial charge < -0.3 is 9.64 Å². The summed E-state index contributed by atoms with van der Waals surface area (Å²) in [5, 5.41) is 0. The zero-order valence-electron chi connectivity index (χ0n) is 10.7. The molecular weight excluding hydrogens is 240 g/mol. The summed E-state index contributed by atoms with van der Waals surface area (Å²) in [6, 6.07) is 3.39. The number of amides is 1. The molecule has 0 aliphatic carbocycles. The van der Waals surface area contributed by atoms with Gasteiger partial charge in [0.25, 0.3) is 5.91 Å². The number of methoxy groups -OCH3 is 1. The number of hydrogen-bond acceptors (Lipinski definition) is 2. The van der Waals surface area contributed by atoms with Gasteiger partial charge in [0, 0.05) is 13.7 Å². The maximum absolute atomic E-state index is 13.5. The van der Waals surface area contributed by atoms with E-state index >= 15 is 0 Å². The molecule has 0 saturated carbocycles. The van der Waals surface area contributed by atoms with Crippen LogP contribution >= 0.6 is 0 Å². The number of hydrogen-bond donors (Lipinski definition) is 0. The highest BCUT2D eigenvalue weighted by atomic mass is 19.2. The highest BCUT2D eigenvalue weighted by Crippen LogP contribution is 2.15. The van der Waals surface area contributed by atoms with Gasteiger partial charge in [-0.15, -0.1) is 0 Å². The molecule has 1 rings (SSSR count). The summed E-state index contributed by atoms with van der Waals surface area (Å²) in [5.74, 6) is -2.65. The predicted molar refractivity (Wildman–Crippen MR) is 64.4 cm³/mol. The van der Waals surface area contributed by atoms with Crippen LogP contribution in [0.1, 0.15) is 24.2 Å². The Labute approximate surface area is 105 Å². The molecule has 1 unspecified atom stereocenters. The lowest BCUT2D eigenvalue weighted by Gasteiger charge is -2.27. The highest BCUT2D eigenvalue weighted by molar-refractivity contribution is 5.94. The second kappa shape index (κ2) is 6.44. The molecule has 0 aliphatic rings. The number of ether oxygens (including phenoxy) is 1. The first kappa shape index (κ1) is 14.6. The van der Waals surface area contributed by atoms with Crippen LogP contribution in [0.5, 0.6) is 0 Å². The standard InChI is InChI=1S/C13H17F2NO2/c1-4-16(9(2)8-18-3)13(17)10-6-5-7-11(14)12(10)15/h5-7,9H,4,8H2,1-3H3. The Balaban J connectivity index is 3.00. The molecule has 0 heterocycles. The molecular formula is C13H17F2NO2. The quantitative estimate of drug-likeness (QED) is 0.811. The van der Waals surface area contributed by atoms with Crippen LogP contribution in [-0.4, -0.2) is 37.1 Å². The van der Waals surface area contributed by atoms with Gasteiger partial charge in [-0.25, -0.2) is 8.78 Å². The minimum Gasteiger partial charge on any atom is -0.383 e. The summed E-state index contributed by atoms with van der Waals surface area (Å²) >= 11 is 0. The molecule has 0 aliphatic heterocycles. The van der Waals surface area contributed by atoms with Gasteiger partial charge in [0.05, 0.1) is 18.2 Å². The number of likely N-dealkylation sites (N-methyl/N-ethyl adjacent to an activating group) is 1. The van der Waals surface area contributed by atoms with E-state index in [1.807, 2.05) is 0 Å². The fourth-order valence-electron chi connectivity index (χ4n) is 1.81. The number of nitrogens with zero attached hydrogens (tertiary/aromatic N) is 1. The zero-order chi connectivity index (χ0) is 13.7. The second-order valence-electron chi connectivity index (χ2n) is 4.00. The molecule has 1 aromatic rings. The molecule has 0 bridgehead atoms. The van der Waals surface area contributed by atoms with Gasteiger partial charge >= 0.3 is 0 Å². The average Bonchev–Trinajstić information content (AvgIpc) is 2.33. The molecule has 1 atom stereocenters. The van der Waals surface area contributed by atoms with Crippen molar-refractivity contribution in [2.75, 3.05) is 20.3 Å². The lowest BCUT2D eigenvalue weighted by molar-refractivity contribution is 0.0574. The van der Waals surface area contributed by atoms with Crippen LogP contribution in [0.15, 0.2) is 18.2 Å². The van der Waals surface area contributed by atoms with Crippen molar-refractivity contribution in [2.45, 2.75) is 19.9 Å². The van der Waals surface area contributed by atoms with Crippen molar-refractivity contribution >= 4 is 5.91 Å². The molecule has 1 amide bonds. The van der Waals surface area contributed by atoms with Gasteiger partial charge in [0.15, 0.2) is 11.6 Å². The average molecular weight is 257 g/mol. The van der Waals surface area contributed by atoms with Crippen LogP contribution in [0.3, 0.4) is 0 Å². The van der Waals surface area contributed by atoms with Gasteiger partial charge in [-0.2, -0.15) is 0 Å². The van der Waals surface area contributed by atoms with Crippen molar-refractivity contribution in [1.29, 1.82) is 0 Å². The largest absolute Gasteiger partial charge is 0.383 e. The molecule has 0 radical (unpaired) electrons. The van der Waals surface area contributed by atoms with Gasteiger partial charge in [0.2, 0.25) is 0 Å². The summed E-state index contributed by atoms with van der Waals surface area (Å²) in [6.45, 7) is 4.32. The number of halogens is 2. The topological polar surface area (TPSA) is 29.5 Å². The van der Waals surface area contributed by atoms with Gasteiger partial charge in [-0.3, -0.25) is 4.79 Å². The van der Waals surface area contributed by atoms with Crippen LogP contribution in [-0.2, 0) is 4.74 Å². The van der Waals surface area contributed by atoms with Gasteiger partial charge in [0.1, 0.15) is 0 Å². The minimum atomic E-state index is -1.11. The summed E-state index contributed by atoms with van der Waals surface area (Å²) in [4.78, 5) is 13.6. The lowest BCUT2D eigenvalue weighted by atomic mass is 10.1. The zero-order valence-corrected chi connectivity index (χ0v) is 10.7. The fourth-order valence-corrected chi connectivity index (χ4v) is 1.81. The van der Waals surface area contributed by atoms with E-state index in [9.17, 15) is 13.6 Å². The number of benzene rings is 1. The smallest absolute Gasteiger partial charge is 0.257 e. The Morgan fingerprint density at radius 1 is 1.44 bits per heavy atom. The first-order valence-electron chi connectivity index (χ1n) is 5.76. The summed E-state index contributed by atoms with van der Waals surface area (Å²) in [7, 11) is 1.53. The third kappa shape index (κ3) is 3.04. The van der Waals surface area contributed by atoms with Crippen LogP contribution in [0.25, 0.3) is 0 Å². The Morgan fingerprint density at radius 2 is 2.11 bits per heavy atom. The van der Waals surface area contributed by atoms with Crippen LogP contribution < -0.4 is 0 Å². The number of carbonyl (C=O) groups excluding carboxylic acids is 1. The number of rotatable bonds is 5. The van der Waals surface area contributed by atoms with Crippen LogP contribution in [0, 0.1) is 11.6 Å². The molecule has 0 N–H and O–H groups in total. The van der Waals surface area contributed by atoms with E-state index in [0.29, 0.717) is 13.2 Å². The monoisotopic (exact) mass is 257 g/mol. The summed E-state index contributed by atoms with van der Waals surface area (Å²) in [6.07, 6.45) is 0. The predicted octanol–water partition coefficient (Wildman–Crippen LogP) is 2.46. The van der Waals surface area contributed by atoms with E-state index in [-0.39, 0.29) is 11.6 Å². The molecule has 3 nitrogen and oxygen atoms in total. The first-order valence-corrected chi connectivity index (χ1v) is 5.76. The Bertz CT molecular complexity index is 423. The molecule has 0 saturated heterocycles. The van der Waals surface area contributed by atoms with E-state index in [4.69, 9.17) is 4.74 Å². The molecule has 1 aromatic carbocycles. The normalized spacial score (nSPS) is 12.3. The van der Waals surface area contributed by atoms with E-state index in [1.165, 1.54) is 24.1 Å². The van der Waals surface area contributed by atoms with Crippen molar-refractivity contribution in [3.63, 3.8) is 0 Å². The lowest BCUT2D eigenvalue weighted by Crippen LogP contribution is -2.41. The molecule has 18 heavy (non-hydrogen) atoms. The molecule has 100 valence electrons. The van der Waals surface area contributed by atoms with Crippen LogP contribution in [0.2, 0.25) is 0 Å². The second-order valence-corrected chi connectivity index (χ2v) is 4.00. The van der Waals surface area contributed by atoms with E-state index in [0.717, 1.165) is 6.07 Å². The fraction of sp³-hybridized carbons (Fsp3) is 0.462. The van der Waals surface area contributed by atoms with E-state index in [2.05, 4.69) is 0 Å². The van der Waals surface area contributed by atoms with Gasteiger partial charge in [-0.05, 0) is 26.0 Å². The summed E-state index contributed by atoms with van der Waals surface area (Å²) in [5.41, 5.74) is -0.250.